The summed E-state index contributed by atoms with van der Waals surface area (Å²) in [6.07, 6.45) is 0.554. The molecule has 0 spiro atoms. The monoisotopic (exact) mass is 289 g/mol. The molecule has 0 bridgehead atoms. The third kappa shape index (κ3) is 3.28. The first-order valence-corrected chi connectivity index (χ1v) is 7.81. The van der Waals surface area contributed by atoms with Gasteiger partial charge >= 0.3 is 0 Å². The number of aliphatic hydroxyl groups is 1. The van der Waals surface area contributed by atoms with Crippen molar-refractivity contribution in [3.05, 3.63) is 51.5 Å². The molecule has 0 aliphatic heterocycles. The number of benzene rings is 1. The van der Waals surface area contributed by atoms with Gasteiger partial charge in [0.1, 0.15) is 0 Å². The number of aryl methyl sites for hydroxylation is 1. The zero-order valence-electron chi connectivity index (χ0n) is 12.9. The average molecular weight is 289 g/mol. The Kier molecular flexibility index (Phi) is 4.03. The number of hydrogen-bond donors (Lipinski definition) is 1. The third-order valence-corrected chi connectivity index (χ3v) is 4.39. The smallest absolute Gasteiger partial charge is 0.0960 e. The van der Waals surface area contributed by atoms with Crippen LogP contribution in [0.3, 0.4) is 0 Å². The van der Waals surface area contributed by atoms with Crippen molar-refractivity contribution in [2.45, 2.75) is 52.1 Å². The molecule has 0 saturated carbocycles. The van der Waals surface area contributed by atoms with E-state index in [2.05, 4.69) is 31.1 Å². The van der Waals surface area contributed by atoms with Crippen molar-refractivity contribution in [1.29, 1.82) is 0 Å². The van der Waals surface area contributed by atoms with E-state index in [-0.39, 0.29) is 5.41 Å². The maximum Gasteiger partial charge on any atom is 0.0960 e. The average Bonchev–Trinajstić information content (AvgIpc) is 2.76. The highest BCUT2D eigenvalue weighted by atomic mass is 32.1. The Morgan fingerprint density at radius 3 is 2.35 bits per heavy atom. The SMILES string of the molecule is Cc1ccccc1C(C)(O)Cc1nc(C(C)(C)C)cs1. The van der Waals surface area contributed by atoms with Crippen molar-refractivity contribution in [3.63, 3.8) is 0 Å². The van der Waals surface area contributed by atoms with Gasteiger partial charge in [0.25, 0.3) is 0 Å². The maximum atomic E-state index is 10.8. The molecular formula is C17H23NOS. The van der Waals surface area contributed by atoms with Crippen LogP contribution in [-0.2, 0) is 17.4 Å². The van der Waals surface area contributed by atoms with Gasteiger partial charge in [-0.3, -0.25) is 0 Å². The fourth-order valence-electron chi connectivity index (χ4n) is 2.30. The molecule has 0 aliphatic carbocycles. The molecule has 1 aromatic heterocycles. The Labute approximate surface area is 125 Å². The zero-order chi connectivity index (χ0) is 15.0. The number of aromatic nitrogens is 1. The fourth-order valence-corrected chi connectivity index (χ4v) is 3.47. The summed E-state index contributed by atoms with van der Waals surface area (Å²) < 4.78 is 0. The van der Waals surface area contributed by atoms with E-state index in [4.69, 9.17) is 0 Å². The highest BCUT2D eigenvalue weighted by Gasteiger charge is 2.27. The predicted octanol–water partition coefficient (Wildman–Crippen LogP) is 4.20. The van der Waals surface area contributed by atoms with Crippen LogP contribution in [0.5, 0.6) is 0 Å². The molecule has 0 fully saturated rings. The lowest BCUT2D eigenvalue weighted by atomic mass is 9.89. The van der Waals surface area contributed by atoms with Gasteiger partial charge < -0.3 is 5.11 Å². The van der Waals surface area contributed by atoms with Crippen LogP contribution in [0.4, 0.5) is 0 Å². The number of hydrogen-bond acceptors (Lipinski definition) is 3. The topological polar surface area (TPSA) is 33.1 Å². The van der Waals surface area contributed by atoms with E-state index >= 15 is 0 Å². The van der Waals surface area contributed by atoms with Crippen LogP contribution in [0.25, 0.3) is 0 Å². The summed E-state index contributed by atoms with van der Waals surface area (Å²) >= 11 is 1.63. The van der Waals surface area contributed by atoms with Gasteiger partial charge in [0.2, 0.25) is 0 Å². The van der Waals surface area contributed by atoms with E-state index in [9.17, 15) is 5.11 Å². The minimum Gasteiger partial charge on any atom is -0.385 e. The Morgan fingerprint density at radius 1 is 1.15 bits per heavy atom. The summed E-state index contributed by atoms with van der Waals surface area (Å²) in [6, 6.07) is 8.00. The van der Waals surface area contributed by atoms with E-state index in [1.165, 1.54) is 0 Å². The van der Waals surface area contributed by atoms with Gasteiger partial charge in [-0.1, -0.05) is 45.0 Å². The Bertz CT molecular complexity index is 593. The molecular weight excluding hydrogens is 266 g/mol. The Balaban J connectivity index is 2.25. The van der Waals surface area contributed by atoms with E-state index in [1.54, 1.807) is 11.3 Å². The van der Waals surface area contributed by atoms with Gasteiger partial charge in [-0.15, -0.1) is 11.3 Å². The van der Waals surface area contributed by atoms with Crippen molar-refractivity contribution in [3.8, 4) is 0 Å². The lowest BCUT2D eigenvalue weighted by Gasteiger charge is -2.24. The molecule has 2 nitrogen and oxygen atoms in total. The van der Waals surface area contributed by atoms with Gasteiger partial charge in [0.05, 0.1) is 16.3 Å². The van der Waals surface area contributed by atoms with Gasteiger partial charge in [0, 0.05) is 17.2 Å². The predicted molar refractivity (Wildman–Crippen MR) is 85.3 cm³/mol. The van der Waals surface area contributed by atoms with E-state index < -0.39 is 5.60 Å². The van der Waals surface area contributed by atoms with Crippen LogP contribution >= 0.6 is 11.3 Å². The molecule has 0 aliphatic rings. The lowest BCUT2D eigenvalue weighted by molar-refractivity contribution is 0.0568. The second kappa shape index (κ2) is 5.30. The maximum absolute atomic E-state index is 10.8. The number of nitrogens with zero attached hydrogens (tertiary/aromatic N) is 1. The molecule has 3 heteroatoms. The molecule has 0 amide bonds. The quantitative estimate of drug-likeness (QED) is 0.918. The summed E-state index contributed by atoms with van der Waals surface area (Å²) in [4.78, 5) is 4.68. The molecule has 0 saturated heterocycles. The highest BCUT2D eigenvalue weighted by molar-refractivity contribution is 7.09. The molecule has 1 N–H and O–H groups in total. The van der Waals surface area contributed by atoms with Crippen LogP contribution in [0.1, 0.15) is 49.5 Å². The molecule has 2 aromatic rings. The van der Waals surface area contributed by atoms with Crippen molar-refractivity contribution in [1.82, 2.24) is 4.98 Å². The molecule has 1 aromatic carbocycles. The van der Waals surface area contributed by atoms with Crippen molar-refractivity contribution >= 4 is 11.3 Å². The number of thiazole rings is 1. The zero-order valence-corrected chi connectivity index (χ0v) is 13.7. The standard InChI is InChI=1S/C17H23NOS/c1-12-8-6-7-9-13(12)17(5,19)10-15-18-14(11-20-15)16(2,3)4/h6-9,11,19H,10H2,1-5H3. The van der Waals surface area contributed by atoms with Gasteiger partial charge in [-0.05, 0) is 25.0 Å². The summed E-state index contributed by atoms with van der Waals surface area (Å²) in [5.41, 5.74) is 2.37. The molecule has 20 heavy (non-hydrogen) atoms. The summed E-state index contributed by atoms with van der Waals surface area (Å²) in [6.45, 7) is 10.4. The first-order chi connectivity index (χ1) is 9.20. The van der Waals surface area contributed by atoms with Crippen LogP contribution in [0.2, 0.25) is 0 Å². The Hall–Kier alpha value is -1.19. The molecule has 108 valence electrons. The van der Waals surface area contributed by atoms with Crippen LogP contribution in [0, 0.1) is 6.92 Å². The number of rotatable bonds is 3. The largest absolute Gasteiger partial charge is 0.385 e. The van der Waals surface area contributed by atoms with Crippen molar-refractivity contribution < 1.29 is 5.11 Å². The van der Waals surface area contributed by atoms with Crippen molar-refractivity contribution in [2.24, 2.45) is 0 Å². The third-order valence-electron chi connectivity index (χ3n) is 3.54. The lowest BCUT2D eigenvalue weighted by Crippen LogP contribution is -2.25. The minimum absolute atomic E-state index is 0.0588. The van der Waals surface area contributed by atoms with Crippen LogP contribution < -0.4 is 0 Å². The molecule has 2 rings (SSSR count). The molecule has 1 atom stereocenters. The van der Waals surface area contributed by atoms with Crippen LogP contribution in [0.15, 0.2) is 29.6 Å². The van der Waals surface area contributed by atoms with Crippen LogP contribution in [-0.4, -0.2) is 10.1 Å². The van der Waals surface area contributed by atoms with Gasteiger partial charge in [-0.25, -0.2) is 4.98 Å². The second-order valence-electron chi connectivity index (χ2n) is 6.64. The van der Waals surface area contributed by atoms with Crippen molar-refractivity contribution in [2.75, 3.05) is 0 Å². The minimum atomic E-state index is -0.877. The van der Waals surface area contributed by atoms with E-state index in [0.29, 0.717) is 6.42 Å². The summed E-state index contributed by atoms with van der Waals surface area (Å²) in [7, 11) is 0. The van der Waals surface area contributed by atoms with Gasteiger partial charge in [-0.2, -0.15) is 0 Å². The molecule has 1 heterocycles. The molecule has 0 radical (unpaired) electrons. The second-order valence-corrected chi connectivity index (χ2v) is 7.58. The first kappa shape index (κ1) is 15.2. The normalized spacial score (nSPS) is 15.1. The van der Waals surface area contributed by atoms with E-state index in [1.807, 2.05) is 38.1 Å². The van der Waals surface area contributed by atoms with Gasteiger partial charge in [0.15, 0.2) is 0 Å². The summed E-state index contributed by atoms with van der Waals surface area (Å²) in [5.74, 6) is 0. The highest BCUT2D eigenvalue weighted by Crippen LogP contribution is 2.31. The summed E-state index contributed by atoms with van der Waals surface area (Å²) in [5, 5.41) is 13.9. The molecule has 1 unspecified atom stereocenters. The van der Waals surface area contributed by atoms with E-state index in [0.717, 1.165) is 21.8 Å². The Morgan fingerprint density at radius 2 is 1.80 bits per heavy atom. The fraction of sp³-hybridized carbons (Fsp3) is 0.471. The first-order valence-electron chi connectivity index (χ1n) is 6.93.